The molecule has 0 saturated heterocycles. The van der Waals surface area contributed by atoms with E-state index in [0.717, 1.165) is 0 Å². The highest BCUT2D eigenvalue weighted by Crippen LogP contribution is 2.15. The normalized spacial score (nSPS) is 10.3. The van der Waals surface area contributed by atoms with Crippen LogP contribution in [0.4, 0.5) is 0 Å². The highest BCUT2D eigenvalue weighted by Gasteiger charge is 2.10. The van der Waals surface area contributed by atoms with Gasteiger partial charge in [0.15, 0.2) is 0 Å². The fraction of sp³-hybridized carbons (Fsp3) is 0.150. The van der Waals surface area contributed by atoms with Crippen LogP contribution < -0.4 is 9.47 Å². The fourth-order valence-electron chi connectivity index (χ4n) is 2.00. The Hall–Kier alpha value is -3.77. The summed E-state index contributed by atoms with van der Waals surface area (Å²) in [4.78, 5) is 12.0. The first-order valence-electron chi connectivity index (χ1n) is 7.72. The molecule has 0 amide bonds. The molecule has 6 nitrogen and oxygen atoms in total. The smallest absolute Gasteiger partial charge is 0.349 e. The summed E-state index contributed by atoms with van der Waals surface area (Å²) in [5, 5.41) is 17.9. The van der Waals surface area contributed by atoms with Crippen molar-refractivity contribution in [1.82, 2.24) is 0 Å². The van der Waals surface area contributed by atoms with E-state index in [0.29, 0.717) is 22.6 Å². The van der Waals surface area contributed by atoms with Gasteiger partial charge in [0.25, 0.3) is 0 Å². The Kier molecular flexibility index (Phi) is 6.79. The zero-order valence-corrected chi connectivity index (χ0v) is 14.1. The maximum Gasteiger partial charge on any atom is 0.349 e. The molecular weight excluding hydrogens is 332 g/mol. The van der Waals surface area contributed by atoms with Crippen molar-refractivity contribution in [2.24, 2.45) is 0 Å². The molecule has 0 bridgehead atoms. The van der Waals surface area contributed by atoms with Gasteiger partial charge >= 0.3 is 5.97 Å². The number of carbonyl (C=O) groups is 1. The summed E-state index contributed by atoms with van der Waals surface area (Å²) in [6.07, 6.45) is 1.45. The average Bonchev–Trinajstić information content (AvgIpc) is 2.70. The van der Waals surface area contributed by atoms with Gasteiger partial charge in [-0.05, 0) is 48.0 Å². The van der Waals surface area contributed by atoms with Gasteiger partial charge < -0.3 is 14.2 Å². The molecule has 0 aromatic heterocycles. The Morgan fingerprint density at radius 3 is 2.23 bits per heavy atom. The lowest BCUT2D eigenvalue weighted by molar-refractivity contribution is -0.139. The number of hydrogen-bond acceptors (Lipinski definition) is 6. The Morgan fingerprint density at radius 1 is 1.00 bits per heavy atom. The third-order valence-electron chi connectivity index (χ3n) is 3.34. The molecule has 2 rings (SSSR count). The monoisotopic (exact) mass is 348 g/mol. The van der Waals surface area contributed by atoms with Gasteiger partial charge in [-0.15, -0.1) is 0 Å². The third-order valence-corrected chi connectivity index (χ3v) is 3.34. The number of hydrogen-bond donors (Lipinski definition) is 0. The van der Waals surface area contributed by atoms with Crippen LogP contribution in [-0.2, 0) is 9.53 Å². The van der Waals surface area contributed by atoms with Crippen molar-refractivity contribution in [2.75, 3.05) is 20.3 Å². The first kappa shape index (κ1) is 18.6. The molecular formula is C20H16N2O4. The number of nitriles is 2. The highest BCUT2D eigenvalue weighted by molar-refractivity contribution is 5.97. The van der Waals surface area contributed by atoms with E-state index in [2.05, 4.69) is 0 Å². The van der Waals surface area contributed by atoms with Crippen LogP contribution in [0.5, 0.6) is 11.5 Å². The van der Waals surface area contributed by atoms with Gasteiger partial charge in [-0.1, -0.05) is 12.1 Å². The van der Waals surface area contributed by atoms with Crippen LogP contribution in [-0.4, -0.2) is 26.3 Å². The van der Waals surface area contributed by atoms with Gasteiger partial charge in [-0.25, -0.2) is 4.79 Å². The molecule has 6 heteroatoms. The largest absolute Gasteiger partial charge is 0.497 e. The number of nitrogens with zero attached hydrogens (tertiary/aromatic N) is 2. The molecule has 0 fully saturated rings. The van der Waals surface area contributed by atoms with Gasteiger partial charge in [0.2, 0.25) is 0 Å². The standard InChI is InChI=1S/C20H16N2O4/c1-24-18-6-2-15(3-7-18)12-17(14-22)20(23)26-11-10-25-19-8-4-16(13-21)5-9-19/h2-9,12H,10-11H2,1H3/b17-12+. The highest BCUT2D eigenvalue weighted by atomic mass is 16.6. The van der Waals surface area contributed by atoms with E-state index in [9.17, 15) is 4.79 Å². The van der Waals surface area contributed by atoms with Crippen LogP contribution in [0.3, 0.4) is 0 Å². The number of carbonyl (C=O) groups excluding carboxylic acids is 1. The minimum Gasteiger partial charge on any atom is -0.497 e. The molecule has 0 unspecified atom stereocenters. The summed E-state index contributed by atoms with van der Waals surface area (Å²) in [7, 11) is 1.56. The summed E-state index contributed by atoms with van der Waals surface area (Å²) in [5.41, 5.74) is 1.12. The van der Waals surface area contributed by atoms with Crippen molar-refractivity contribution in [2.45, 2.75) is 0 Å². The van der Waals surface area contributed by atoms with Crippen molar-refractivity contribution in [3.05, 3.63) is 65.2 Å². The van der Waals surface area contributed by atoms with Crippen LogP contribution in [0, 0.1) is 22.7 Å². The second kappa shape index (κ2) is 9.51. The SMILES string of the molecule is COc1ccc(/C=C(\C#N)C(=O)OCCOc2ccc(C#N)cc2)cc1. The fourth-order valence-corrected chi connectivity index (χ4v) is 2.00. The quantitative estimate of drug-likeness (QED) is 0.330. The zero-order valence-electron chi connectivity index (χ0n) is 14.1. The first-order chi connectivity index (χ1) is 12.7. The molecule has 0 aliphatic carbocycles. The molecule has 0 aliphatic heterocycles. The van der Waals surface area contributed by atoms with E-state index in [1.165, 1.54) is 6.08 Å². The predicted octanol–water partition coefficient (Wildman–Crippen LogP) is 3.10. The Balaban J connectivity index is 1.85. The molecule has 26 heavy (non-hydrogen) atoms. The first-order valence-corrected chi connectivity index (χ1v) is 7.72. The molecule has 0 saturated carbocycles. The lowest BCUT2D eigenvalue weighted by Gasteiger charge is -2.07. The summed E-state index contributed by atoms with van der Waals surface area (Å²) in [6.45, 7) is 0.138. The molecule has 0 aliphatic rings. The van der Waals surface area contributed by atoms with Crippen LogP contribution in [0.1, 0.15) is 11.1 Å². The Bertz CT molecular complexity index is 857. The second-order valence-corrected chi connectivity index (χ2v) is 5.06. The Morgan fingerprint density at radius 2 is 1.65 bits per heavy atom. The maximum atomic E-state index is 12.0. The summed E-state index contributed by atoms with van der Waals surface area (Å²) >= 11 is 0. The summed E-state index contributed by atoms with van der Waals surface area (Å²) in [5.74, 6) is 0.532. The van der Waals surface area contributed by atoms with Gasteiger partial charge in [0, 0.05) is 0 Å². The molecule has 130 valence electrons. The number of esters is 1. The minimum absolute atomic E-state index is 0.000464. The van der Waals surface area contributed by atoms with Gasteiger partial charge in [-0.2, -0.15) is 10.5 Å². The summed E-state index contributed by atoms with van der Waals surface area (Å²) in [6, 6.07) is 17.4. The molecule has 0 spiro atoms. The van der Waals surface area contributed by atoms with Crippen molar-refractivity contribution < 1.29 is 19.0 Å². The molecule has 2 aromatic rings. The van der Waals surface area contributed by atoms with Gasteiger partial charge in [-0.3, -0.25) is 0 Å². The number of methoxy groups -OCH3 is 1. The third kappa shape index (κ3) is 5.40. The average molecular weight is 348 g/mol. The zero-order chi connectivity index (χ0) is 18.8. The molecule has 0 N–H and O–H groups in total. The van der Waals surface area contributed by atoms with E-state index in [-0.39, 0.29) is 18.8 Å². The summed E-state index contributed by atoms with van der Waals surface area (Å²) < 4.78 is 15.5. The molecule has 0 radical (unpaired) electrons. The lowest BCUT2D eigenvalue weighted by Crippen LogP contribution is -2.13. The van der Waals surface area contributed by atoms with Crippen molar-refractivity contribution in [3.8, 4) is 23.6 Å². The van der Waals surface area contributed by atoms with E-state index in [1.807, 2.05) is 12.1 Å². The van der Waals surface area contributed by atoms with E-state index >= 15 is 0 Å². The Labute approximate surface area is 151 Å². The van der Waals surface area contributed by atoms with Gasteiger partial charge in [0.1, 0.15) is 36.4 Å². The molecule has 0 heterocycles. The minimum atomic E-state index is -0.716. The maximum absolute atomic E-state index is 12.0. The molecule has 2 aromatic carbocycles. The number of ether oxygens (including phenoxy) is 3. The topological polar surface area (TPSA) is 92.3 Å². The number of benzene rings is 2. The van der Waals surface area contributed by atoms with Crippen LogP contribution >= 0.6 is 0 Å². The van der Waals surface area contributed by atoms with Crippen molar-refractivity contribution in [3.63, 3.8) is 0 Å². The van der Waals surface area contributed by atoms with Crippen LogP contribution in [0.15, 0.2) is 54.1 Å². The van der Waals surface area contributed by atoms with E-state index in [1.54, 1.807) is 55.6 Å². The van der Waals surface area contributed by atoms with Crippen LogP contribution in [0.25, 0.3) is 6.08 Å². The van der Waals surface area contributed by atoms with Crippen molar-refractivity contribution in [1.29, 1.82) is 10.5 Å². The van der Waals surface area contributed by atoms with Gasteiger partial charge in [0.05, 0.1) is 18.7 Å². The number of rotatable bonds is 7. The van der Waals surface area contributed by atoms with Crippen LogP contribution in [0.2, 0.25) is 0 Å². The predicted molar refractivity (Wildman–Crippen MR) is 94.2 cm³/mol. The second-order valence-electron chi connectivity index (χ2n) is 5.06. The lowest BCUT2D eigenvalue weighted by atomic mass is 10.1. The van der Waals surface area contributed by atoms with Crippen molar-refractivity contribution >= 4 is 12.0 Å². The van der Waals surface area contributed by atoms with E-state index < -0.39 is 5.97 Å². The van der Waals surface area contributed by atoms with E-state index in [4.69, 9.17) is 24.7 Å². The molecule has 0 atom stereocenters.